The van der Waals surface area contributed by atoms with Crippen molar-refractivity contribution in [2.45, 2.75) is 26.6 Å². The monoisotopic (exact) mass is 316 g/mol. The normalized spacial score (nSPS) is 10.7. The van der Waals surface area contributed by atoms with Gasteiger partial charge in [0.2, 0.25) is 0 Å². The number of aliphatic hydroxyl groups is 1. The van der Waals surface area contributed by atoms with Crippen LogP contribution >= 0.6 is 0 Å². The Hall–Kier alpha value is -2.53. The molecule has 0 heterocycles. The highest BCUT2D eigenvalue weighted by atomic mass is 16.5. The van der Waals surface area contributed by atoms with Crippen LogP contribution in [0.2, 0.25) is 0 Å². The molecule has 0 aliphatic rings. The molecule has 2 aromatic carbocycles. The van der Waals surface area contributed by atoms with Gasteiger partial charge in [-0.2, -0.15) is 0 Å². The highest BCUT2D eigenvalue weighted by Crippen LogP contribution is 2.36. The summed E-state index contributed by atoms with van der Waals surface area (Å²) in [6.45, 7) is 3.60. The maximum absolute atomic E-state index is 11.2. The summed E-state index contributed by atoms with van der Waals surface area (Å²) in [5, 5.41) is 18.8. The molecule has 2 aromatic rings. The van der Waals surface area contributed by atoms with Gasteiger partial charge in [0.25, 0.3) is 0 Å². The van der Waals surface area contributed by atoms with Gasteiger partial charge in [0.1, 0.15) is 11.5 Å². The summed E-state index contributed by atoms with van der Waals surface area (Å²) < 4.78 is 11.0. The van der Waals surface area contributed by atoms with E-state index < -0.39 is 5.97 Å². The van der Waals surface area contributed by atoms with Crippen LogP contribution in [0.15, 0.2) is 36.4 Å². The third kappa shape index (κ3) is 3.81. The molecule has 0 aromatic heterocycles. The van der Waals surface area contributed by atoms with E-state index in [1.807, 2.05) is 13.8 Å². The first-order valence-corrected chi connectivity index (χ1v) is 7.28. The molecule has 0 bridgehead atoms. The summed E-state index contributed by atoms with van der Waals surface area (Å²) in [7, 11) is 1.57. The zero-order valence-electron chi connectivity index (χ0n) is 13.4. The largest absolute Gasteiger partial charge is 0.497 e. The average molecular weight is 316 g/mol. The van der Waals surface area contributed by atoms with Gasteiger partial charge in [0.15, 0.2) is 0 Å². The smallest absolute Gasteiger partial charge is 0.335 e. The van der Waals surface area contributed by atoms with Crippen LogP contribution in [-0.4, -0.2) is 29.4 Å². The Morgan fingerprint density at radius 2 is 1.87 bits per heavy atom. The number of rotatable bonds is 6. The predicted octanol–water partition coefficient (Wildman–Crippen LogP) is 3.34. The summed E-state index contributed by atoms with van der Waals surface area (Å²) in [6, 6.07) is 10.1. The van der Waals surface area contributed by atoms with Crippen molar-refractivity contribution in [2.24, 2.45) is 0 Å². The van der Waals surface area contributed by atoms with E-state index in [0.717, 1.165) is 5.56 Å². The molecule has 2 rings (SSSR count). The molecule has 0 saturated carbocycles. The van der Waals surface area contributed by atoms with Gasteiger partial charge in [0, 0.05) is 5.56 Å². The Morgan fingerprint density at radius 1 is 1.13 bits per heavy atom. The van der Waals surface area contributed by atoms with Crippen molar-refractivity contribution >= 4 is 5.97 Å². The number of carbonyl (C=O) groups is 1. The molecular formula is C18H20O5. The molecule has 5 heteroatoms. The SMILES string of the molecule is COc1ccc(CO)c(-c2ccc(C(=O)O)cc2OC(C)C)c1. The van der Waals surface area contributed by atoms with Crippen molar-refractivity contribution < 1.29 is 24.5 Å². The van der Waals surface area contributed by atoms with Gasteiger partial charge < -0.3 is 19.7 Å². The lowest BCUT2D eigenvalue weighted by atomic mass is 9.97. The van der Waals surface area contributed by atoms with E-state index in [1.165, 1.54) is 12.1 Å². The Balaban J connectivity index is 2.64. The van der Waals surface area contributed by atoms with Crippen molar-refractivity contribution in [1.82, 2.24) is 0 Å². The Kier molecular flexibility index (Phi) is 5.24. The zero-order chi connectivity index (χ0) is 17.0. The number of hydrogen-bond donors (Lipinski definition) is 2. The first kappa shape index (κ1) is 16.8. The number of carboxylic acids is 1. The molecule has 122 valence electrons. The number of hydrogen-bond acceptors (Lipinski definition) is 4. The van der Waals surface area contributed by atoms with Gasteiger partial charge in [-0.05, 0) is 55.3 Å². The molecule has 0 amide bonds. The standard InChI is InChI=1S/C18H20O5/c1-11(2)23-17-8-12(18(20)21)5-7-15(17)16-9-14(22-3)6-4-13(16)10-19/h4-9,11,19H,10H2,1-3H3,(H,20,21). The average Bonchev–Trinajstić information content (AvgIpc) is 2.53. The lowest BCUT2D eigenvalue weighted by Crippen LogP contribution is -2.08. The number of aromatic carboxylic acids is 1. The van der Waals surface area contributed by atoms with Crippen molar-refractivity contribution in [3.63, 3.8) is 0 Å². The lowest BCUT2D eigenvalue weighted by Gasteiger charge is -2.17. The third-order valence-electron chi connectivity index (χ3n) is 3.37. The van der Waals surface area contributed by atoms with Crippen LogP contribution in [0, 0.1) is 0 Å². The van der Waals surface area contributed by atoms with Crippen LogP contribution in [0.5, 0.6) is 11.5 Å². The van der Waals surface area contributed by atoms with Crippen molar-refractivity contribution in [1.29, 1.82) is 0 Å². The summed E-state index contributed by atoms with van der Waals surface area (Å²) in [6.07, 6.45) is -0.110. The van der Waals surface area contributed by atoms with Crippen LogP contribution in [0.3, 0.4) is 0 Å². The van der Waals surface area contributed by atoms with Gasteiger partial charge in [-0.25, -0.2) is 4.79 Å². The highest BCUT2D eigenvalue weighted by Gasteiger charge is 2.15. The first-order valence-electron chi connectivity index (χ1n) is 7.28. The third-order valence-corrected chi connectivity index (χ3v) is 3.37. The maximum Gasteiger partial charge on any atom is 0.335 e. The first-order chi connectivity index (χ1) is 11.0. The zero-order valence-corrected chi connectivity index (χ0v) is 13.4. The second kappa shape index (κ2) is 7.15. The van der Waals surface area contributed by atoms with Crippen LogP contribution in [-0.2, 0) is 6.61 Å². The van der Waals surface area contributed by atoms with E-state index in [4.69, 9.17) is 9.47 Å². The van der Waals surface area contributed by atoms with Gasteiger partial charge in [-0.1, -0.05) is 6.07 Å². The number of ether oxygens (including phenoxy) is 2. The van der Waals surface area contributed by atoms with E-state index in [1.54, 1.807) is 31.4 Å². The van der Waals surface area contributed by atoms with Crippen LogP contribution < -0.4 is 9.47 Å². The summed E-state index contributed by atoms with van der Waals surface area (Å²) >= 11 is 0. The van der Waals surface area contributed by atoms with Gasteiger partial charge in [-0.15, -0.1) is 0 Å². The second-order valence-electron chi connectivity index (χ2n) is 5.36. The van der Waals surface area contributed by atoms with E-state index >= 15 is 0 Å². The molecule has 0 atom stereocenters. The Labute approximate surface area is 135 Å². The molecule has 5 nitrogen and oxygen atoms in total. The fraction of sp³-hybridized carbons (Fsp3) is 0.278. The van der Waals surface area contributed by atoms with Gasteiger partial charge >= 0.3 is 5.97 Å². The summed E-state index contributed by atoms with van der Waals surface area (Å²) in [5.41, 5.74) is 2.33. The number of aliphatic hydroxyl groups excluding tert-OH is 1. The summed E-state index contributed by atoms with van der Waals surface area (Å²) in [5.74, 6) is 0.0936. The minimum absolute atomic E-state index is 0.110. The van der Waals surface area contributed by atoms with Crippen LogP contribution in [0.4, 0.5) is 0 Å². The van der Waals surface area contributed by atoms with E-state index in [9.17, 15) is 15.0 Å². The minimum Gasteiger partial charge on any atom is -0.497 e. The van der Waals surface area contributed by atoms with Crippen molar-refractivity contribution in [3.05, 3.63) is 47.5 Å². The number of carboxylic acid groups (broad SMARTS) is 1. The molecule has 0 unspecified atom stereocenters. The Bertz CT molecular complexity index is 707. The topological polar surface area (TPSA) is 76.0 Å². The van der Waals surface area contributed by atoms with Gasteiger partial charge in [0.05, 0.1) is 25.4 Å². The van der Waals surface area contributed by atoms with Crippen molar-refractivity contribution in [2.75, 3.05) is 7.11 Å². The number of benzene rings is 2. The molecule has 2 N–H and O–H groups in total. The molecule has 0 fully saturated rings. The number of methoxy groups -OCH3 is 1. The van der Waals surface area contributed by atoms with Gasteiger partial charge in [-0.3, -0.25) is 0 Å². The summed E-state index contributed by atoms with van der Waals surface area (Å²) in [4.78, 5) is 11.2. The van der Waals surface area contributed by atoms with E-state index in [0.29, 0.717) is 22.6 Å². The molecular weight excluding hydrogens is 296 g/mol. The predicted molar refractivity (Wildman–Crippen MR) is 87.1 cm³/mol. The van der Waals surface area contributed by atoms with E-state index in [2.05, 4.69) is 0 Å². The maximum atomic E-state index is 11.2. The molecule has 0 aliphatic heterocycles. The minimum atomic E-state index is -1.02. The quantitative estimate of drug-likeness (QED) is 0.855. The van der Waals surface area contributed by atoms with E-state index in [-0.39, 0.29) is 18.3 Å². The fourth-order valence-electron chi connectivity index (χ4n) is 2.30. The fourth-order valence-corrected chi connectivity index (χ4v) is 2.30. The van der Waals surface area contributed by atoms with Crippen molar-refractivity contribution in [3.8, 4) is 22.6 Å². The Morgan fingerprint density at radius 3 is 2.43 bits per heavy atom. The molecule has 0 radical (unpaired) electrons. The van der Waals surface area contributed by atoms with Crippen LogP contribution in [0.25, 0.3) is 11.1 Å². The molecule has 23 heavy (non-hydrogen) atoms. The second-order valence-corrected chi connectivity index (χ2v) is 5.36. The highest BCUT2D eigenvalue weighted by molar-refractivity contribution is 5.90. The lowest BCUT2D eigenvalue weighted by molar-refractivity contribution is 0.0696. The molecule has 0 aliphatic carbocycles. The van der Waals surface area contributed by atoms with Crippen LogP contribution in [0.1, 0.15) is 29.8 Å². The molecule has 0 spiro atoms. The molecule has 0 saturated heterocycles.